The fraction of sp³-hybridized carbons (Fsp3) is 0.533. The molecule has 1 aliphatic carbocycles. The minimum Gasteiger partial charge on any atom is -0.507 e. The van der Waals surface area contributed by atoms with Gasteiger partial charge in [-0.3, -0.25) is 4.79 Å². The van der Waals surface area contributed by atoms with Gasteiger partial charge in [0.1, 0.15) is 11.6 Å². The summed E-state index contributed by atoms with van der Waals surface area (Å²) in [5.41, 5.74) is 0.124. The van der Waals surface area contributed by atoms with Crippen LogP contribution in [0.2, 0.25) is 0 Å². The van der Waals surface area contributed by atoms with E-state index in [9.17, 15) is 14.3 Å². The summed E-state index contributed by atoms with van der Waals surface area (Å²) in [5, 5.41) is 12.5. The molecule has 20 heavy (non-hydrogen) atoms. The molecule has 2 rings (SSSR count). The van der Waals surface area contributed by atoms with Crippen LogP contribution in [-0.4, -0.2) is 28.6 Å². The van der Waals surface area contributed by atoms with Crippen molar-refractivity contribution in [1.82, 2.24) is 5.32 Å². The van der Waals surface area contributed by atoms with Gasteiger partial charge in [-0.1, -0.05) is 19.3 Å². The number of carbonyl (C=O) groups excluding carboxylic acids is 1. The Hall–Kier alpha value is -1.23. The molecule has 3 nitrogen and oxygen atoms in total. The summed E-state index contributed by atoms with van der Waals surface area (Å²) in [6.07, 6.45) is 7.92. The first-order valence-electron chi connectivity index (χ1n) is 6.88. The van der Waals surface area contributed by atoms with E-state index in [1.54, 1.807) is 11.8 Å². The zero-order valence-electron chi connectivity index (χ0n) is 11.6. The van der Waals surface area contributed by atoms with Gasteiger partial charge in [-0.05, 0) is 31.2 Å². The molecular formula is C15H20FNO2S. The van der Waals surface area contributed by atoms with E-state index in [-0.39, 0.29) is 22.0 Å². The molecule has 0 heterocycles. The van der Waals surface area contributed by atoms with E-state index in [1.807, 2.05) is 0 Å². The van der Waals surface area contributed by atoms with Gasteiger partial charge >= 0.3 is 0 Å². The number of halogens is 1. The van der Waals surface area contributed by atoms with Crippen molar-refractivity contribution in [3.05, 3.63) is 29.6 Å². The number of hydrogen-bond donors (Lipinski definition) is 2. The highest BCUT2D eigenvalue weighted by molar-refractivity contribution is 8.00. The smallest absolute Gasteiger partial charge is 0.255 e. The maximum Gasteiger partial charge on any atom is 0.255 e. The fourth-order valence-corrected chi connectivity index (χ4v) is 3.60. The Kier molecular flexibility index (Phi) is 4.91. The molecule has 1 aromatic rings. The van der Waals surface area contributed by atoms with Gasteiger partial charge in [0.15, 0.2) is 0 Å². The largest absolute Gasteiger partial charge is 0.507 e. The Morgan fingerprint density at radius 1 is 1.40 bits per heavy atom. The molecule has 0 saturated heterocycles. The molecule has 110 valence electrons. The number of carbonyl (C=O) groups is 1. The molecule has 1 aliphatic rings. The number of rotatable bonds is 4. The SMILES string of the molecule is CSC1(CNC(=O)c2ccc(F)cc2O)CCCCC1. The van der Waals surface area contributed by atoms with Crippen molar-refractivity contribution in [1.29, 1.82) is 0 Å². The van der Waals surface area contributed by atoms with Crippen LogP contribution < -0.4 is 5.32 Å². The molecule has 0 atom stereocenters. The van der Waals surface area contributed by atoms with Crippen LogP contribution in [-0.2, 0) is 0 Å². The molecule has 1 saturated carbocycles. The van der Waals surface area contributed by atoms with E-state index < -0.39 is 5.82 Å². The van der Waals surface area contributed by atoms with Gasteiger partial charge < -0.3 is 10.4 Å². The topological polar surface area (TPSA) is 49.3 Å². The second kappa shape index (κ2) is 6.48. The molecule has 0 aromatic heterocycles. The third kappa shape index (κ3) is 3.45. The van der Waals surface area contributed by atoms with E-state index in [0.717, 1.165) is 18.9 Å². The van der Waals surface area contributed by atoms with Crippen LogP contribution in [0.25, 0.3) is 0 Å². The zero-order valence-corrected chi connectivity index (χ0v) is 12.4. The van der Waals surface area contributed by atoms with Crippen molar-refractivity contribution >= 4 is 17.7 Å². The third-order valence-corrected chi connectivity index (χ3v) is 5.39. The molecule has 0 spiro atoms. The van der Waals surface area contributed by atoms with E-state index in [1.165, 1.54) is 31.4 Å². The number of nitrogens with one attached hydrogen (secondary N) is 1. The Balaban J connectivity index is 2.00. The van der Waals surface area contributed by atoms with E-state index >= 15 is 0 Å². The molecule has 0 unspecified atom stereocenters. The van der Waals surface area contributed by atoms with E-state index in [0.29, 0.717) is 6.54 Å². The van der Waals surface area contributed by atoms with Crippen molar-refractivity contribution in [2.45, 2.75) is 36.9 Å². The normalized spacial score (nSPS) is 17.7. The molecular weight excluding hydrogens is 277 g/mol. The Bertz CT molecular complexity index is 487. The molecule has 1 fully saturated rings. The van der Waals surface area contributed by atoms with Crippen molar-refractivity contribution in [2.75, 3.05) is 12.8 Å². The Labute approximate surface area is 123 Å². The zero-order chi connectivity index (χ0) is 14.6. The lowest BCUT2D eigenvalue weighted by Gasteiger charge is -2.35. The number of phenolic OH excluding ortho intramolecular Hbond substituents is 1. The number of aromatic hydroxyl groups is 1. The highest BCUT2D eigenvalue weighted by atomic mass is 32.2. The number of phenols is 1. The molecule has 0 aliphatic heterocycles. The first-order chi connectivity index (χ1) is 9.56. The highest BCUT2D eigenvalue weighted by Gasteiger charge is 2.31. The van der Waals surface area contributed by atoms with Crippen LogP contribution >= 0.6 is 11.8 Å². The van der Waals surface area contributed by atoms with Crippen molar-refractivity contribution in [3.63, 3.8) is 0 Å². The maximum atomic E-state index is 12.9. The lowest BCUT2D eigenvalue weighted by Crippen LogP contribution is -2.41. The summed E-state index contributed by atoms with van der Waals surface area (Å²) in [6, 6.07) is 3.45. The van der Waals surface area contributed by atoms with Gasteiger partial charge in [0.25, 0.3) is 5.91 Å². The summed E-state index contributed by atoms with van der Waals surface area (Å²) >= 11 is 1.80. The quantitative estimate of drug-likeness (QED) is 0.896. The second-order valence-corrected chi connectivity index (χ2v) is 6.57. The maximum absolute atomic E-state index is 12.9. The average molecular weight is 297 g/mol. The first-order valence-corrected chi connectivity index (χ1v) is 8.11. The van der Waals surface area contributed by atoms with Crippen molar-refractivity contribution in [3.8, 4) is 5.75 Å². The predicted molar refractivity (Wildman–Crippen MR) is 79.7 cm³/mol. The van der Waals surface area contributed by atoms with E-state index in [2.05, 4.69) is 11.6 Å². The number of amides is 1. The van der Waals surface area contributed by atoms with Crippen LogP contribution in [0.1, 0.15) is 42.5 Å². The second-order valence-electron chi connectivity index (χ2n) is 5.29. The number of thioether (sulfide) groups is 1. The van der Waals surface area contributed by atoms with Gasteiger partial charge in [0.05, 0.1) is 5.56 Å². The average Bonchev–Trinajstić information content (AvgIpc) is 2.46. The van der Waals surface area contributed by atoms with Crippen LogP contribution in [0.4, 0.5) is 4.39 Å². The summed E-state index contributed by atoms with van der Waals surface area (Å²) in [4.78, 5) is 12.1. The first kappa shape index (κ1) is 15.2. The van der Waals surface area contributed by atoms with E-state index in [4.69, 9.17) is 0 Å². The third-order valence-electron chi connectivity index (χ3n) is 3.97. The summed E-state index contributed by atoms with van der Waals surface area (Å²) in [5.74, 6) is -1.21. The van der Waals surface area contributed by atoms with Gasteiger partial charge in [-0.2, -0.15) is 11.8 Å². The van der Waals surface area contributed by atoms with Crippen LogP contribution in [0.15, 0.2) is 18.2 Å². The Morgan fingerprint density at radius 2 is 2.10 bits per heavy atom. The predicted octanol–water partition coefficient (Wildman–Crippen LogP) is 3.33. The summed E-state index contributed by atoms with van der Waals surface area (Å²) in [6.45, 7) is 0.587. The van der Waals surface area contributed by atoms with Crippen LogP contribution in [0.5, 0.6) is 5.75 Å². The van der Waals surface area contributed by atoms with Gasteiger partial charge in [0.2, 0.25) is 0 Å². The molecule has 2 N–H and O–H groups in total. The lowest BCUT2D eigenvalue weighted by atomic mass is 9.88. The fourth-order valence-electron chi connectivity index (χ4n) is 2.68. The van der Waals surface area contributed by atoms with Gasteiger partial charge in [-0.25, -0.2) is 4.39 Å². The van der Waals surface area contributed by atoms with Crippen LogP contribution in [0.3, 0.4) is 0 Å². The highest BCUT2D eigenvalue weighted by Crippen LogP contribution is 2.38. The van der Waals surface area contributed by atoms with Crippen LogP contribution in [0, 0.1) is 5.82 Å². The molecule has 1 amide bonds. The summed E-state index contributed by atoms with van der Waals surface area (Å²) in [7, 11) is 0. The molecule has 5 heteroatoms. The molecule has 1 aromatic carbocycles. The van der Waals surface area contributed by atoms with Crippen molar-refractivity contribution in [2.24, 2.45) is 0 Å². The number of hydrogen-bond acceptors (Lipinski definition) is 3. The van der Waals surface area contributed by atoms with Gasteiger partial charge in [-0.15, -0.1) is 0 Å². The van der Waals surface area contributed by atoms with Crippen molar-refractivity contribution < 1.29 is 14.3 Å². The summed E-state index contributed by atoms with van der Waals surface area (Å²) < 4.78 is 13.0. The molecule has 0 bridgehead atoms. The minimum absolute atomic E-state index is 0.101. The standard InChI is InChI=1S/C15H20FNO2S/c1-20-15(7-3-2-4-8-15)10-17-14(19)12-6-5-11(16)9-13(12)18/h5-6,9,18H,2-4,7-8,10H2,1H3,(H,17,19). The lowest BCUT2D eigenvalue weighted by molar-refractivity contribution is 0.0944. The minimum atomic E-state index is -0.549. The van der Waals surface area contributed by atoms with Gasteiger partial charge in [0, 0.05) is 17.4 Å². The Morgan fingerprint density at radius 3 is 2.70 bits per heavy atom. The monoisotopic (exact) mass is 297 g/mol. The molecule has 0 radical (unpaired) electrons. The number of benzene rings is 1.